The molecule has 2 rings (SSSR count). The molecule has 0 saturated carbocycles. The molecule has 2 aromatic rings. The van der Waals surface area contributed by atoms with Crippen molar-refractivity contribution in [3.05, 3.63) is 66.2 Å². The first kappa shape index (κ1) is 30.2. The van der Waals surface area contributed by atoms with E-state index in [-0.39, 0.29) is 14.9 Å². The molecular weight excluding hydrogens is 372 g/mol. The van der Waals surface area contributed by atoms with Gasteiger partial charge in [0.1, 0.15) is 0 Å². The lowest BCUT2D eigenvalue weighted by molar-refractivity contribution is 0.751. The van der Waals surface area contributed by atoms with Gasteiger partial charge in [0.2, 0.25) is 0 Å². The summed E-state index contributed by atoms with van der Waals surface area (Å²) in [4.78, 5) is 1.36. The zero-order valence-electron chi connectivity index (χ0n) is 15.7. The van der Waals surface area contributed by atoms with Crippen LogP contribution in [-0.4, -0.2) is 24.0 Å². The highest BCUT2D eigenvalue weighted by Crippen LogP contribution is 2.15. The summed E-state index contributed by atoms with van der Waals surface area (Å²) in [5.74, 6) is 4.44. The van der Waals surface area contributed by atoms with Gasteiger partial charge >= 0.3 is 0 Å². The van der Waals surface area contributed by atoms with Crippen LogP contribution in [0.3, 0.4) is 0 Å². The van der Waals surface area contributed by atoms with Crippen LogP contribution in [0.2, 0.25) is 0 Å². The molecule has 0 bridgehead atoms. The van der Waals surface area contributed by atoms with E-state index >= 15 is 0 Å². The molecular formula is C23H40S3. The van der Waals surface area contributed by atoms with Crippen LogP contribution in [0.15, 0.2) is 65.6 Å². The summed E-state index contributed by atoms with van der Waals surface area (Å²) in [6.07, 6.45) is 4.26. The molecule has 0 amide bonds. The van der Waals surface area contributed by atoms with Crippen molar-refractivity contribution >= 4 is 35.3 Å². The van der Waals surface area contributed by atoms with Crippen molar-refractivity contribution in [1.82, 2.24) is 0 Å². The van der Waals surface area contributed by atoms with Gasteiger partial charge in [-0.05, 0) is 47.6 Å². The van der Waals surface area contributed by atoms with Crippen LogP contribution in [0.1, 0.15) is 41.2 Å². The smallest absolute Gasteiger partial charge is 0.0181 e. The molecule has 0 heterocycles. The largest absolute Gasteiger partial charge is 0.165 e. The number of rotatable bonds is 6. The summed E-state index contributed by atoms with van der Waals surface area (Å²) >= 11 is 5.64. The summed E-state index contributed by atoms with van der Waals surface area (Å²) in [7, 11) is 0. The third-order valence-corrected chi connectivity index (χ3v) is 5.22. The summed E-state index contributed by atoms with van der Waals surface area (Å²) in [5.41, 5.74) is 1.41. The van der Waals surface area contributed by atoms with Crippen molar-refractivity contribution in [2.24, 2.45) is 5.92 Å². The Morgan fingerprint density at radius 3 is 1.62 bits per heavy atom. The van der Waals surface area contributed by atoms with Crippen molar-refractivity contribution in [2.75, 3.05) is 24.0 Å². The van der Waals surface area contributed by atoms with Gasteiger partial charge in [-0.3, -0.25) is 0 Å². The summed E-state index contributed by atoms with van der Waals surface area (Å²) < 4.78 is 0. The monoisotopic (exact) mass is 412 g/mol. The van der Waals surface area contributed by atoms with Crippen molar-refractivity contribution < 1.29 is 0 Å². The summed E-state index contributed by atoms with van der Waals surface area (Å²) in [5, 5.41) is 0. The van der Waals surface area contributed by atoms with E-state index in [1.807, 2.05) is 47.4 Å². The molecule has 0 atom stereocenters. The highest BCUT2D eigenvalue weighted by Gasteiger charge is 1.86. The second kappa shape index (κ2) is 22.5. The zero-order chi connectivity index (χ0) is 18.0. The summed E-state index contributed by atoms with van der Waals surface area (Å²) in [6, 6.07) is 20.9. The van der Waals surface area contributed by atoms with Gasteiger partial charge in [0.25, 0.3) is 0 Å². The second-order valence-corrected chi connectivity index (χ2v) is 8.63. The van der Waals surface area contributed by atoms with Crippen LogP contribution >= 0.6 is 35.3 Å². The van der Waals surface area contributed by atoms with Crippen molar-refractivity contribution in [1.29, 1.82) is 0 Å². The first-order chi connectivity index (χ1) is 11.6. The molecule has 0 aliphatic carbocycles. The molecule has 26 heavy (non-hydrogen) atoms. The Bertz CT molecular complexity index is 428. The van der Waals surface area contributed by atoms with Crippen molar-refractivity contribution in [2.45, 2.75) is 46.3 Å². The maximum atomic E-state index is 2.23. The summed E-state index contributed by atoms with van der Waals surface area (Å²) in [6.45, 7) is 6.63. The molecule has 0 radical (unpaired) electrons. The molecule has 0 spiro atoms. The number of thioether (sulfide) groups is 3. The second-order valence-electron chi connectivity index (χ2n) is 5.51. The molecule has 0 nitrogen and oxygen atoms in total. The van der Waals surface area contributed by atoms with Crippen LogP contribution in [0, 0.1) is 5.92 Å². The average Bonchev–Trinajstić information content (AvgIpc) is 2.58. The predicted octanol–water partition coefficient (Wildman–Crippen LogP) is 8.63. The van der Waals surface area contributed by atoms with Crippen LogP contribution in [0.25, 0.3) is 0 Å². The number of benzene rings is 2. The minimum atomic E-state index is 0. The third-order valence-electron chi connectivity index (χ3n) is 2.71. The van der Waals surface area contributed by atoms with Crippen LogP contribution in [0.5, 0.6) is 0 Å². The standard InChI is InChI=1S/2C8H10S.C5H12S.2CH4/c1-9-7-8-5-3-2-4-6-8;1-2-9-8-6-4-3-5-7-8;1-5(2)4-6-3;;/h2-6H,7H2,1H3;3-7H,2H2,1H3;5H,4H2,1-3H3;2*1H4. The fourth-order valence-electron chi connectivity index (χ4n) is 1.76. The highest BCUT2D eigenvalue weighted by molar-refractivity contribution is 7.99. The first-order valence-electron chi connectivity index (χ1n) is 8.33. The maximum absolute atomic E-state index is 2.23. The van der Waals surface area contributed by atoms with E-state index in [1.165, 1.54) is 16.2 Å². The lowest BCUT2D eigenvalue weighted by Gasteiger charge is -1.95. The third kappa shape index (κ3) is 19.8. The van der Waals surface area contributed by atoms with Gasteiger partial charge in [0, 0.05) is 10.6 Å². The van der Waals surface area contributed by atoms with Crippen molar-refractivity contribution in [3.8, 4) is 0 Å². The molecule has 2 aromatic carbocycles. The Morgan fingerprint density at radius 1 is 0.769 bits per heavy atom. The van der Waals surface area contributed by atoms with Crippen LogP contribution < -0.4 is 0 Å². The van der Waals surface area contributed by atoms with Gasteiger partial charge in [-0.25, -0.2) is 0 Å². The van der Waals surface area contributed by atoms with Gasteiger partial charge in [0.05, 0.1) is 0 Å². The molecule has 150 valence electrons. The normalized spacial score (nSPS) is 8.85. The molecule has 3 heteroatoms. The van der Waals surface area contributed by atoms with Gasteiger partial charge < -0.3 is 0 Å². The Kier molecular flexibility index (Phi) is 26.2. The van der Waals surface area contributed by atoms with E-state index in [4.69, 9.17) is 0 Å². The molecule has 0 aliphatic rings. The molecule has 0 aliphatic heterocycles. The van der Waals surface area contributed by atoms with Gasteiger partial charge in [-0.2, -0.15) is 23.5 Å². The molecule has 0 fully saturated rings. The van der Waals surface area contributed by atoms with Crippen LogP contribution in [-0.2, 0) is 5.75 Å². The Labute approximate surface area is 177 Å². The average molecular weight is 413 g/mol. The van der Waals surface area contributed by atoms with Gasteiger partial charge in [-0.1, -0.05) is 84.2 Å². The lowest BCUT2D eigenvalue weighted by atomic mass is 10.2. The van der Waals surface area contributed by atoms with Crippen LogP contribution in [0.4, 0.5) is 0 Å². The van der Waals surface area contributed by atoms with E-state index in [9.17, 15) is 0 Å². The van der Waals surface area contributed by atoms with E-state index in [2.05, 4.69) is 81.8 Å². The topological polar surface area (TPSA) is 0 Å². The fraction of sp³-hybridized carbons (Fsp3) is 0.478. The number of hydrogen-bond donors (Lipinski definition) is 0. The van der Waals surface area contributed by atoms with Gasteiger partial charge in [0.15, 0.2) is 0 Å². The zero-order valence-corrected chi connectivity index (χ0v) is 18.1. The lowest BCUT2D eigenvalue weighted by Crippen LogP contribution is -1.87. The molecule has 0 saturated heterocycles. The Hall–Kier alpha value is -0.510. The Morgan fingerprint density at radius 2 is 1.27 bits per heavy atom. The van der Waals surface area contributed by atoms with E-state index in [1.54, 1.807) is 0 Å². The minimum Gasteiger partial charge on any atom is -0.165 e. The fourth-order valence-corrected chi connectivity index (χ4v) is 3.63. The highest BCUT2D eigenvalue weighted by atomic mass is 32.2. The molecule has 0 aromatic heterocycles. The van der Waals surface area contributed by atoms with Gasteiger partial charge in [-0.15, -0.1) is 11.8 Å². The van der Waals surface area contributed by atoms with E-state index in [0.717, 1.165) is 17.4 Å². The predicted molar refractivity (Wildman–Crippen MR) is 133 cm³/mol. The minimum absolute atomic E-state index is 0. The SMILES string of the molecule is C.C.CCSc1ccccc1.CSCC(C)C.CSCc1ccccc1. The molecule has 0 N–H and O–H groups in total. The quantitative estimate of drug-likeness (QED) is 0.436. The molecule has 0 unspecified atom stereocenters. The first-order valence-corrected chi connectivity index (χ1v) is 12.1. The number of hydrogen-bond acceptors (Lipinski definition) is 3. The van der Waals surface area contributed by atoms with E-state index < -0.39 is 0 Å². The maximum Gasteiger partial charge on any atom is 0.0181 e. The van der Waals surface area contributed by atoms with Crippen molar-refractivity contribution in [3.63, 3.8) is 0 Å². The van der Waals surface area contributed by atoms with E-state index in [0.29, 0.717) is 0 Å². The Balaban J connectivity index is -0.000000301.